The van der Waals surface area contributed by atoms with E-state index in [0.29, 0.717) is 47.9 Å². The number of ketones is 1. The first-order valence-corrected chi connectivity index (χ1v) is 50.8. The van der Waals surface area contributed by atoms with E-state index in [2.05, 4.69) is 287 Å². The van der Waals surface area contributed by atoms with Gasteiger partial charge in [0.15, 0.2) is 5.78 Å². The first kappa shape index (κ1) is 97.0. The molecule has 0 saturated carbocycles. The van der Waals surface area contributed by atoms with Gasteiger partial charge in [0, 0.05) is 61.4 Å². The number of hydrogen-bond acceptors (Lipinski definition) is 11. The minimum Gasteiger partial charge on any atom is -0.454 e. The van der Waals surface area contributed by atoms with E-state index in [1.54, 1.807) is 45.4 Å². The van der Waals surface area contributed by atoms with Crippen molar-refractivity contribution in [3.05, 3.63) is 317 Å². The van der Waals surface area contributed by atoms with Crippen molar-refractivity contribution in [1.29, 1.82) is 0 Å². The van der Waals surface area contributed by atoms with E-state index in [0.717, 1.165) is 94.0 Å². The van der Waals surface area contributed by atoms with E-state index in [4.69, 9.17) is 32.1 Å². The van der Waals surface area contributed by atoms with Crippen LogP contribution in [0.25, 0.3) is 0 Å². The molecule has 0 saturated heterocycles. The standard InChI is InChI=1S/C47H61O5PSi.C35H46IO4PSi.C18H20O2Se/c1-34-31-36(3)45(38(5)48)43(32-34)35(2)21-19-25-40(33-53-50-9)44(51-46(49)39-23-13-10-14-24-39)30-20-22-37(4)52-54(47(6,7)8,41-26-15-11-16-27-41)42-28-17-12-18-29-42;1-28(40-42(35(2,3)4,31-21-11-7-12-22-31)32-23-13-8-14-24-32)17-15-25-33(30(20-16-26-36)27-41-38-5)39-34(37)29-18-9-6-10-19-29;1-4-20-18(19)17-14(3)10-13(2)11-15(17)12-21-16-8-6-5-7-9-16/h10-18,20,23-24,26-32,35,37,40,44,53H,19,21-22,25,33H2,1-9H3;6-15,18-19,21-25,28,30,33,41H,16-17,20,26-27H2,1-5H3;5-11H,4,12H2,1-3H3/b30-20-;25-15-;/t35?,37-,40+,44?;28-,30+,33?;/m00./s1. The van der Waals surface area contributed by atoms with Crippen molar-refractivity contribution in [2.75, 3.05) is 37.6 Å². The molecule has 9 rings (SSSR count). The minimum absolute atomic E-state index is 0.0355. The van der Waals surface area contributed by atoms with E-state index < -0.39 is 22.7 Å². The number of alkyl halides is 1. The summed E-state index contributed by atoms with van der Waals surface area (Å²) in [6.45, 7) is 32.4. The number of carbonyl (C=O) groups excluding carboxylic acids is 4. The van der Waals surface area contributed by atoms with Crippen LogP contribution in [0.1, 0.15) is 202 Å². The van der Waals surface area contributed by atoms with Gasteiger partial charge >= 0.3 is 144 Å². The second-order valence-electron chi connectivity index (χ2n) is 32.3. The summed E-state index contributed by atoms with van der Waals surface area (Å²) in [6, 6.07) is 80.2. The summed E-state index contributed by atoms with van der Waals surface area (Å²) in [5.41, 5.74) is 9.34. The second-order valence-corrected chi connectivity index (χ2v) is 46.3. The van der Waals surface area contributed by atoms with Gasteiger partial charge in [0.25, 0.3) is 16.6 Å². The van der Waals surface area contributed by atoms with Gasteiger partial charge in [-0.3, -0.25) is 4.79 Å². The van der Waals surface area contributed by atoms with Crippen LogP contribution in [-0.2, 0) is 37.4 Å². The van der Waals surface area contributed by atoms with E-state index in [9.17, 15) is 19.2 Å². The SMILES string of the molecule is CCOC(=O)c1c(C)cc(C)cc1C[Se]c1ccccc1.COPC[C@@H](CCCC(C)c1cc(C)cc(C)c1C(C)=O)C(/C=C\C[C@H](C)O[Si](c1ccccc1)(c1ccccc1)C(C)(C)C)OC(=O)c1ccccc1.COPC[C@@H](CCCI)C(/C=C\C[C@H](C)O[Si](c1ccccc1)(c1ccccc1)C(C)(C)C)OC(=O)c1ccccc1. The number of ether oxygens (including phenoxy) is 3. The summed E-state index contributed by atoms with van der Waals surface area (Å²) in [7, 11) is -1.26. The van der Waals surface area contributed by atoms with Crippen LogP contribution in [0.5, 0.6) is 0 Å². The fraction of sp³-hybridized carbons (Fsp3) is 0.380. The average Bonchev–Trinajstić information content (AvgIpc) is 0.748. The average molecular weight is 1830 g/mol. The van der Waals surface area contributed by atoms with Gasteiger partial charge in [0.1, 0.15) is 12.2 Å². The second kappa shape index (κ2) is 49.6. The number of benzene rings is 9. The van der Waals surface area contributed by atoms with Gasteiger partial charge in [-0.05, 0) is 174 Å². The Hall–Kier alpha value is -7.08. The Morgan fingerprint density at radius 2 is 0.846 bits per heavy atom. The third-order valence-corrected chi connectivity index (χ3v) is 36.4. The van der Waals surface area contributed by atoms with Gasteiger partial charge in [-0.2, -0.15) is 0 Å². The van der Waals surface area contributed by atoms with Crippen LogP contribution in [0.2, 0.25) is 10.1 Å². The Kier molecular flexibility index (Phi) is 41.1. The summed E-state index contributed by atoms with van der Waals surface area (Å²) in [5, 5.41) is 5.73. The maximum atomic E-state index is 13.5. The third kappa shape index (κ3) is 29.1. The number of Topliss-reactive ketones (excluding diaryl/α,β-unsaturated/α-hetero) is 1. The maximum Gasteiger partial charge on any atom is 0.338 e. The predicted molar refractivity (Wildman–Crippen MR) is 506 cm³/mol. The summed E-state index contributed by atoms with van der Waals surface area (Å²) >= 11 is 2.74. The number of aryl methyl sites for hydroxylation is 4. The molecule has 0 aliphatic rings. The van der Waals surface area contributed by atoms with E-state index in [1.165, 1.54) is 36.3 Å². The molecule has 0 aliphatic heterocycles. The van der Waals surface area contributed by atoms with Crippen LogP contribution < -0.4 is 25.2 Å². The smallest absolute Gasteiger partial charge is 0.338 e. The molecule has 9 aromatic rings. The minimum atomic E-state index is -2.73. The molecular formula is C100H127IO11P2SeSi2. The fourth-order valence-corrected chi connectivity index (χ4v) is 28.9. The summed E-state index contributed by atoms with van der Waals surface area (Å²) in [5.74, 6) is -0.250. The number of carbonyl (C=O) groups is 4. The van der Waals surface area contributed by atoms with Crippen LogP contribution in [0.4, 0.5) is 0 Å². The first-order chi connectivity index (χ1) is 56.1. The van der Waals surface area contributed by atoms with Gasteiger partial charge in [0.05, 0.1) is 11.1 Å². The first-order valence-electron chi connectivity index (χ1n) is 41.2. The number of halogens is 1. The van der Waals surface area contributed by atoms with Gasteiger partial charge in [-0.15, -0.1) is 0 Å². The largest absolute Gasteiger partial charge is 0.454 e. The zero-order valence-electron chi connectivity index (χ0n) is 72.1. The molecule has 9 aromatic carbocycles. The topological polar surface area (TPSA) is 133 Å². The molecule has 9 atom stereocenters. The molecule has 0 spiro atoms. The number of esters is 3. The van der Waals surface area contributed by atoms with Crippen molar-refractivity contribution in [1.82, 2.24) is 0 Å². The third-order valence-electron chi connectivity index (χ3n) is 21.1. The van der Waals surface area contributed by atoms with Crippen molar-refractivity contribution in [2.24, 2.45) is 11.8 Å². The summed E-state index contributed by atoms with van der Waals surface area (Å²) in [6.07, 6.45) is 15.3. The predicted octanol–water partition coefficient (Wildman–Crippen LogP) is 22.0. The van der Waals surface area contributed by atoms with Gasteiger partial charge in [0.2, 0.25) is 0 Å². The number of rotatable bonds is 40. The molecule has 624 valence electrons. The van der Waals surface area contributed by atoms with E-state index in [1.807, 2.05) is 69.3 Å². The van der Waals surface area contributed by atoms with Crippen molar-refractivity contribution in [3.8, 4) is 0 Å². The van der Waals surface area contributed by atoms with Crippen LogP contribution in [0, 0.1) is 39.5 Å². The normalized spacial score (nSPS) is 13.9. The van der Waals surface area contributed by atoms with Gasteiger partial charge in [-0.25, -0.2) is 9.59 Å². The Balaban J connectivity index is 0.000000265. The molecule has 0 radical (unpaired) electrons. The Morgan fingerprint density at radius 3 is 1.21 bits per heavy atom. The van der Waals surface area contributed by atoms with Crippen molar-refractivity contribution in [3.63, 3.8) is 0 Å². The molecule has 5 unspecified atom stereocenters. The Bertz CT molecular complexity index is 4420. The molecule has 0 aromatic heterocycles. The van der Waals surface area contributed by atoms with Crippen molar-refractivity contribution < 1.29 is 51.3 Å². The Morgan fingerprint density at radius 1 is 0.479 bits per heavy atom. The molecule has 0 bridgehead atoms. The molecule has 0 amide bonds. The zero-order chi connectivity index (χ0) is 85.0. The maximum absolute atomic E-state index is 13.5. The van der Waals surface area contributed by atoms with Crippen LogP contribution in [-0.4, -0.2) is 117 Å². The summed E-state index contributed by atoms with van der Waals surface area (Å²) < 4.78 is 45.8. The zero-order valence-corrected chi connectivity index (χ0v) is 80.0. The monoisotopic (exact) mass is 1830 g/mol. The quantitative estimate of drug-likeness (QED) is 0.00531. The van der Waals surface area contributed by atoms with Gasteiger partial charge in [-0.1, -0.05) is 265 Å². The number of hydrogen-bond donors (Lipinski definition) is 0. The van der Waals surface area contributed by atoms with Crippen molar-refractivity contribution >= 4 is 121 Å². The molecule has 0 N–H and O–H groups in total. The van der Waals surface area contributed by atoms with Crippen LogP contribution in [0.3, 0.4) is 0 Å². The van der Waals surface area contributed by atoms with Crippen LogP contribution >= 0.6 is 40.2 Å². The fourth-order valence-electron chi connectivity index (χ4n) is 15.5. The van der Waals surface area contributed by atoms with Crippen LogP contribution in [0.15, 0.2) is 261 Å². The molecule has 117 heavy (non-hydrogen) atoms. The summed E-state index contributed by atoms with van der Waals surface area (Å²) in [4.78, 5) is 51.5. The molecule has 0 heterocycles. The molecule has 11 nitrogen and oxygen atoms in total. The van der Waals surface area contributed by atoms with E-state index in [-0.39, 0.29) is 78.6 Å². The van der Waals surface area contributed by atoms with Crippen molar-refractivity contribution in [2.45, 2.75) is 195 Å². The molecule has 0 aliphatic carbocycles. The molecular weight excluding hydrogens is 1700 g/mol. The van der Waals surface area contributed by atoms with Gasteiger partial charge < -0.3 is 27.4 Å². The molecule has 0 fully saturated rings. The Labute approximate surface area is 726 Å². The van der Waals surface area contributed by atoms with E-state index >= 15 is 0 Å². The molecule has 17 heteroatoms.